The van der Waals surface area contributed by atoms with Gasteiger partial charge in [0, 0.05) is 5.41 Å². The van der Waals surface area contributed by atoms with Crippen molar-refractivity contribution in [2.24, 2.45) is 5.41 Å². The molecule has 0 spiro atoms. The summed E-state index contributed by atoms with van der Waals surface area (Å²) in [6, 6.07) is 0. The van der Waals surface area contributed by atoms with E-state index in [1.165, 1.54) is 0 Å². The summed E-state index contributed by atoms with van der Waals surface area (Å²) in [6.07, 6.45) is 7.21. The largest absolute Gasteiger partial charge is 1.00 e. The monoisotopic (exact) mass is 284 g/mol. The Labute approximate surface area is 152 Å². The summed E-state index contributed by atoms with van der Waals surface area (Å²) in [7, 11) is 0. The minimum atomic E-state index is -1.79. The summed E-state index contributed by atoms with van der Waals surface area (Å²) < 4.78 is 0. The van der Waals surface area contributed by atoms with Crippen LogP contribution in [0.2, 0.25) is 0 Å². The number of carboxylic acids is 2. The number of carbonyl (C=O) groups excluding carboxylic acids is 2. The van der Waals surface area contributed by atoms with Crippen molar-refractivity contribution < 1.29 is 57.5 Å². The number of hydrogen-bond donors (Lipinski definition) is 0. The van der Waals surface area contributed by atoms with Gasteiger partial charge in [-0.05, 0) is 12.8 Å². The molecule has 0 amide bonds. The molecule has 0 unspecified atom stereocenters. The first-order valence-corrected chi connectivity index (χ1v) is 7.44. The number of hydrogen-bond acceptors (Lipinski definition) is 4. The number of aliphatic carboxylic acids is 2. The second kappa shape index (κ2) is 15.0. The number of carbonyl (C=O) groups is 2. The maximum Gasteiger partial charge on any atom is 1.00 e. The molecular weight excluding hydrogens is 258 g/mol. The zero-order valence-electron chi connectivity index (χ0n) is 14.2. The van der Waals surface area contributed by atoms with Crippen LogP contribution in [-0.4, -0.2) is 11.9 Å². The molecule has 0 aliphatic heterocycles. The van der Waals surface area contributed by atoms with Crippen molar-refractivity contribution in [3.8, 4) is 0 Å². The second-order valence-electron chi connectivity index (χ2n) is 5.28. The second-order valence-corrected chi connectivity index (χ2v) is 5.28. The van der Waals surface area contributed by atoms with Crippen molar-refractivity contribution in [2.75, 3.05) is 0 Å². The van der Waals surface area contributed by atoms with Crippen LogP contribution in [0, 0.1) is 5.41 Å². The fourth-order valence-electron chi connectivity index (χ4n) is 2.32. The van der Waals surface area contributed by atoms with Crippen LogP contribution in [0.5, 0.6) is 0 Å². The van der Waals surface area contributed by atoms with Crippen LogP contribution in [0.15, 0.2) is 0 Å². The fourth-order valence-corrected chi connectivity index (χ4v) is 2.32. The van der Waals surface area contributed by atoms with Gasteiger partial charge in [-0.25, -0.2) is 0 Å². The summed E-state index contributed by atoms with van der Waals surface area (Å²) in [5.41, 5.74) is -1.79. The predicted octanol–water partition coefficient (Wildman–Crippen LogP) is -4.58. The zero-order valence-corrected chi connectivity index (χ0v) is 14.2. The molecule has 0 N–H and O–H groups in total. The van der Waals surface area contributed by atoms with Gasteiger partial charge < -0.3 is 19.8 Å². The summed E-state index contributed by atoms with van der Waals surface area (Å²) in [5.74, 6) is -2.97. The molecule has 0 radical (unpaired) electrons. The molecule has 0 aliphatic carbocycles. The van der Waals surface area contributed by atoms with Gasteiger partial charge in [-0.1, -0.05) is 65.2 Å². The zero-order chi connectivity index (χ0) is 14.7. The Bertz CT molecular complexity index is 255. The molecule has 0 bridgehead atoms. The maximum atomic E-state index is 11.3. The summed E-state index contributed by atoms with van der Waals surface area (Å²) in [5, 5.41) is 22.5. The summed E-state index contributed by atoms with van der Waals surface area (Å²) in [4.78, 5) is 22.5. The van der Waals surface area contributed by atoms with Crippen molar-refractivity contribution in [1.82, 2.24) is 0 Å². The molecular formula is C15H26Li2O4. The van der Waals surface area contributed by atoms with Gasteiger partial charge in [0.1, 0.15) is 0 Å². The molecule has 0 saturated heterocycles. The molecule has 0 aromatic carbocycles. The normalized spacial score (nSPS) is 10.4. The van der Waals surface area contributed by atoms with Crippen LogP contribution in [0.4, 0.5) is 0 Å². The predicted molar refractivity (Wildman–Crippen MR) is 70.0 cm³/mol. The van der Waals surface area contributed by atoms with E-state index in [0.29, 0.717) is 12.8 Å². The number of rotatable bonds is 12. The molecule has 6 heteroatoms. The molecule has 0 aliphatic rings. The van der Waals surface area contributed by atoms with E-state index in [0.717, 1.165) is 38.5 Å². The molecule has 0 aromatic heterocycles. The average molecular weight is 284 g/mol. The average Bonchev–Trinajstić information content (AvgIpc) is 2.36. The Morgan fingerprint density at radius 2 is 1.05 bits per heavy atom. The van der Waals surface area contributed by atoms with Crippen LogP contribution in [0.25, 0.3) is 0 Å². The first-order chi connectivity index (χ1) is 9.01. The molecule has 0 heterocycles. The topological polar surface area (TPSA) is 80.3 Å². The third-order valence-corrected chi connectivity index (χ3v) is 3.70. The molecule has 21 heavy (non-hydrogen) atoms. The summed E-state index contributed by atoms with van der Waals surface area (Å²) in [6.45, 7) is 4.10. The first kappa shape index (κ1) is 26.1. The van der Waals surface area contributed by atoms with E-state index in [1.54, 1.807) is 0 Å². The Kier molecular flexibility index (Phi) is 18.7. The fraction of sp³-hybridized carbons (Fsp3) is 0.867. The van der Waals surface area contributed by atoms with Gasteiger partial charge >= 0.3 is 37.7 Å². The van der Waals surface area contributed by atoms with Gasteiger partial charge in [0.25, 0.3) is 0 Å². The molecule has 0 atom stereocenters. The van der Waals surface area contributed by atoms with E-state index < -0.39 is 17.4 Å². The minimum Gasteiger partial charge on any atom is -0.549 e. The van der Waals surface area contributed by atoms with E-state index in [4.69, 9.17) is 0 Å². The molecule has 0 aromatic rings. The standard InChI is InChI=1S/C15H28O4.2Li/c1-3-5-7-9-11-15(13(16)17,14(18)19)12-10-8-6-4-2;;/h3-12H2,1-2H3,(H,16,17)(H,18,19);;/q;2*+1/p-2. The van der Waals surface area contributed by atoms with Crippen molar-refractivity contribution in [2.45, 2.75) is 78.1 Å². The van der Waals surface area contributed by atoms with Crippen LogP contribution in [-0.2, 0) is 9.59 Å². The van der Waals surface area contributed by atoms with Crippen molar-refractivity contribution in [1.29, 1.82) is 0 Å². The number of carboxylic acid groups (broad SMARTS) is 2. The smallest absolute Gasteiger partial charge is 0.549 e. The van der Waals surface area contributed by atoms with Gasteiger partial charge in [-0.3, -0.25) is 0 Å². The van der Waals surface area contributed by atoms with Crippen LogP contribution < -0.4 is 47.9 Å². The van der Waals surface area contributed by atoms with Crippen molar-refractivity contribution >= 4 is 11.9 Å². The third kappa shape index (κ3) is 9.69. The van der Waals surface area contributed by atoms with Gasteiger partial charge in [-0.2, -0.15) is 0 Å². The molecule has 4 nitrogen and oxygen atoms in total. The van der Waals surface area contributed by atoms with Gasteiger partial charge in [-0.15, -0.1) is 0 Å². The SMILES string of the molecule is CCCCCCC(CCCCCC)(C(=O)[O-])C(=O)[O-].[Li+].[Li+]. The Morgan fingerprint density at radius 3 is 1.29 bits per heavy atom. The quantitative estimate of drug-likeness (QED) is 0.205. The van der Waals surface area contributed by atoms with Crippen LogP contribution >= 0.6 is 0 Å². The van der Waals surface area contributed by atoms with E-state index >= 15 is 0 Å². The molecule has 0 rings (SSSR count). The van der Waals surface area contributed by atoms with Crippen LogP contribution in [0.3, 0.4) is 0 Å². The summed E-state index contributed by atoms with van der Waals surface area (Å²) >= 11 is 0. The number of unbranched alkanes of at least 4 members (excludes halogenated alkanes) is 6. The van der Waals surface area contributed by atoms with Gasteiger partial charge in [0.05, 0.1) is 11.9 Å². The van der Waals surface area contributed by atoms with Gasteiger partial charge in [0.2, 0.25) is 0 Å². The Morgan fingerprint density at radius 1 is 0.714 bits per heavy atom. The van der Waals surface area contributed by atoms with E-state index in [2.05, 4.69) is 13.8 Å². The Balaban J connectivity index is -0.00000162. The molecule has 112 valence electrons. The first-order valence-electron chi connectivity index (χ1n) is 7.44. The minimum absolute atomic E-state index is 0. The van der Waals surface area contributed by atoms with E-state index in [1.807, 2.05) is 0 Å². The Hall–Kier alpha value is 0.135. The molecule has 0 fully saturated rings. The van der Waals surface area contributed by atoms with Gasteiger partial charge in [0.15, 0.2) is 0 Å². The molecule has 0 saturated carbocycles. The van der Waals surface area contributed by atoms with E-state index in [9.17, 15) is 19.8 Å². The maximum absolute atomic E-state index is 11.3. The van der Waals surface area contributed by atoms with Crippen LogP contribution in [0.1, 0.15) is 78.1 Å². The van der Waals surface area contributed by atoms with Crippen molar-refractivity contribution in [3.63, 3.8) is 0 Å². The van der Waals surface area contributed by atoms with E-state index in [-0.39, 0.29) is 50.6 Å². The third-order valence-electron chi connectivity index (χ3n) is 3.70. The van der Waals surface area contributed by atoms with Crippen molar-refractivity contribution in [3.05, 3.63) is 0 Å².